The van der Waals surface area contributed by atoms with Crippen molar-refractivity contribution in [2.45, 2.75) is 46.0 Å². The second-order valence-electron chi connectivity index (χ2n) is 7.30. The molecule has 0 unspecified atom stereocenters. The van der Waals surface area contributed by atoms with Gasteiger partial charge in [0.05, 0.1) is 5.56 Å². The molecule has 1 aliphatic heterocycles. The molecule has 2 rings (SSSR count). The molecule has 1 aromatic carbocycles. The van der Waals surface area contributed by atoms with Crippen molar-refractivity contribution in [1.29, 1.82) is 0 Å². The van der Waals surface area contributed by atoms with Crippen LogP contribution in [0.2, 0.25) is 0 Å². The van der Waals surface area contributed by atoms with Gasteiger partial charge in [0.15, 0.2) is 0 Å². The summed E-state index contributed by atoms with van der Waals surface area (Å²) in [6, 6.07) is 5.65. The minimum Gasteiger partial charge on any atom is -0.385 e. The van der Waals surface area contributed by atoms with Gasteiger partial charge in [0, 0.05) is 51.1 Å². The molecule has 1 heterocycles. The fraction of sp³-hybridized carbons (Fsp3) is 0.619. The van der Waals surface area contributed by atoms with Crippen molar-refractivity contribution < 1.29 is 14.3 Å². The molecule has 0 atom stereocenters. The zero-order valence-corrected chi connectivity index (χ0v) is 16.8. The third kappa shape index (κ3) is 6.54. The van der Waals surface area contributed by atoms with Gasteiger partial charge in [0.2, 0.25) is 5.91 Å². The molecule has 6 nitrogen and oxygen atoms in total. The summed E-state index contributed by atoms with van der Waals surface area (Å²) in [5.74, 6) is 0.593. The van der Waals surface area contributed by atoms with Crippen LogP contribution in [0.5, 0.6) is 0 Å². The molecule has 2 N–H and O–H groups in total. The molecule has 1 saturated heterocycles. The molecule has 0 spiro atoms. The number of rotatable bonds is 9. The zero-order valence-electron chi connectivity index (χ0n) is 16.8. The van der Waals surface area contributed by atoms with Crippen LogP contribution in [0, 0.1) is 5.92 Å². The Labute approximate surface area is 162 Å². The molecule has 1 fully saturated rings. The van der Waals surface area contributed by atoms with E-state index in [1.807, 2.05) is 19.1 Å². The minimum atomic E-state index is -0.105. The van der Waals surface area contributed by atoms with Crippen LogP contribution in [0.15, 0.2) is 18.2 Å². The van der Waals surface area contributed by atoms with E-state index in [2.05, 4.69) is 22.5 Å². The number of carbonyl (C=O) groups is 2. The first-order chi connectivity index (χ1) is 13.0. The van der Waals surface area contributed by atoms with E-state index in [0.29, 0.717) is 30.8 Å². The minimum absolute atomic E-state index is 0.0245. The third-order valence-electron chi connectivity index (χ3n) is 4.94. The maximum Gasteiger partial charge on any atom is 0.253 e. The van der Waals surface area contributed by atoms with Crippen molar-refractivity contribution in [3.05, 3.63) is 23.8 Å². The Morgan fingerprint density at radius 3 is 2.67 bits per heavy atom. The van der Waals surface area contributed by atoms with Crippen LogP contribution in [0.4, 0.5) is 11.4 Å². The van der Waals surface area contributed by atoms with Crippen LogP contribution in [0.3, 0.4) is 0 Å². The molecule has 0 aromatic heterocycles. The fourth-order valence-electron chi connectivity index (χ4n) is 3.29. The highest BCUT2D eigenvalue weighted by molar-refractivity contribution is 6.02. The molecule has 0 saturated carbocycles. The van der Waals surface area contributed by atoms with Gasteiger partial charge >= 0.3 is 0 Å². The molecule has 1 aliphatic rings. The molecule has 0 radical (unpaired) electrons. The summed E-state index contributed by atoms with van der Waals surface area (Å²) in [4.78, 5) is 27.0. The molecule has 0 aliphatic carbocycles. The first-order valence-corrected chi connectivity index (χ1v) is 10.0. The lowest BCUT2D eigenvalue weighted by atomic mass is 9.97. The van der Waals surface area contributed by atoms with E-state index in [1.54, 1.807) is 13.2 Å². The molecule has 2 amide bonds. The number of benzene rings is 1. The topological polar surface area (TPSA) is 70.7 Å². The second-order valence-corrected chi connectivity index (χ2v) is 7.30. The number of carbonyl (C=O) groups excluding carboxylic acids is 2. The predicted molar refractivity (Wildman–Crippen MR) is 109 cm³/mol. The van der Waals surface area contributed by atoms with Crippen molar-refractivity contribution in [3.63, 3.8) is 0 Å². The number of ether oxygens (including phenoxy) is 1. The number of nitrogens with one attached hydrogen (secondary N) is 2. The monoisotopic (exact) mass is 375 g/mol. The summed E-state index contributed by atoms with van der Waals surface area (Å²) >= 11 is 0. The van der Waals surface area contributed by atoms with Crippen molar-refractivity contribution in [3.8, 4) is 0 Å². The maximum absolute atomic E-state index is 12.8. The average molecular weight is 376 g/mol. The number of nitrogens with zero attached hydrogens (tertiary/aromatic N) is 1. The van der Waals surface area contributed by atoms with E-state index < -0.39 is 0 Å². The number of amides is 2. The van der Waals surface area contributed by atoms with Crippen molar-refractivity contribution in [2.24, 2.45) is 5.92 Å². The van der Waals surface area contributed by atoms with Gasteiger partial charge < -0.3 is 20.3 Å². The Morgan fingerprint density at radius 2 is 2.00 bits per heavy atom. The van der Waals surface area contributed by atoms with Gasteiger partial charge in [-0.25, -0.2) is 0 Å². The summed E-state index contributed by atoms with van der Waals surface area (Å²) in [7, 11) is 1.65. The van der Waals surface area contributed by atoms with Crippen LogP contribution in [-0.2, 0) is 9.53 Å². The number of anilines is 2. The van der Waals surface area contributed by atoms with Crippen LogP contribution in [-0.4, -0.2) is 45.2 Å². The van der Waals surface area contributed by atoms with Gasteiger partial charge in [-0.1, -0.05) is 13.8 Å². The largest absolute Gasteiger partial charge is 0.385 e. The van der Waals surface area contributed by atoms with Crippen LogP contribution >= 0.6 is 0 Å². The van der Waals surface area contributed by atoms with E-state index in [9.17, 15) is 9.59 Å². The summed E-state index contributed by atoms with van der Waals surface area (Å²) in [6.45, 7) is 7.32. The molecule has 6 heteroatoms. The number of methoxy groups -OCH3 is 1. The second kappa shape index (κ2) is 10.9. The third-order valence-corrected chi connectivity index (χ3v) is 4.94. The molecule has 27 heavy (non-hydrogen) atoms. The summed E-state index contributed by atoms with van der Waals surface area (Å²) in [6.07, 6.45) is 4.30. The Morgan fingerprint density at radius 1 is 1.26 bits per heavy atom. The predicted octanol–water partition coefficient (Wildman–Crippen LogP) is 3.43. The Kier molecular flexibility index (Phi) is 8.58. The van der Waals surface area contributed by atoms with E-state index in [-0.39, 0.29) is 11.8 Å². The lowest BCUT2D eigenvalue weighted by Crippen LogP contribution is -2.35. The van der Waals surface area contributed by atoms with Gasteiger partial charge in [-0.05, 0) is 49.8 Å². The summed E-state index contributed by atoms with van der Waals surface area (Å²) in [5.41, 5.74) is 2.24. The van der Waals surface area contributed by atoms with Gasteiger partial charge in [0.1, 0.15) is 0 Å². The highest BCUT2D eigenvalue weighted by Gasteiger charge is 2.21. The van der Waals surface area contributed by atoms with Crippen LogP contribution in [0.1, 0.15) is 56.3 Å². The van der Waals surface area contributed by atoms with Crippen LogP contribution < -0.4 is 15.5 Å². The maximum atomic E-state index is 12.8. The van der Waals surface area contributed by atoms with Crippen molar-refractivity contribution in [2.75, 3.05) is 43.6 Å². The van der Waals surface area contributed by atoms with E-state index in [4.69, 9.17) is 4.74 Å². The van der Waals surface area contributed by atoms with Crippen molar-refractivity contribution in [1.82, 2.24) is 5.32 Å². The number of hydrogen-bond acceptors (Lipinski definition) is 4. The standard InChI is InChI=1S/C21H33N3O3/c1-4-6-20(25)23-17-7-8-19(24-12-9-16(2)10-13-24)18(15-17)21(26)22-11-5-14-27-3/h7-8,15-16H,4-6,9-14H2,1-3H3,(H,22,26)(H,23,25). The van der Waals surface area contributed by atoms with Crippen LogP contribution in [0.25, 0.3) is 0 Å². The Bertz CT molecular complexity index is 625. The highest BCUT2D eigenvalue weighted by Crippen LogP contribution is 2.28. The molecule has 150 valence electrons. The summed E-state index contributed by atoms with van der Waals surface area (Å²) in [5, 5.41) is 5.86. The number of piperidine rings is 1. The fourth-order valence-corrected chi connectivity index (χ4v) is 3.29. The van der Waals surface area contributed by atoms with Crippen molar-refractivity contribution >= 4 is 23.2 Å². The SMILES string of the molecule is CCCC(=O)Nc1ccc(N2CCC(C)CC2)c(C(=O)NCCCOC)c1. The summed E-state index contributed by atoms with van der Waals surface area (Å²) < 4.78 is 5.04. The first-order valence-electron chi connectivity index (χ1n) is 10.0. The van der Waals surface area contributed by atoms with Gasteiger partial charge in [0.25, 0.3) is 5.91 Å². The molecular weight excluding hydrogens is 342 g/mol. The molecule has 1 aromatic rings. The Balaban J connectivity index is 2.18. The van der Waals surface area contributed by atoms with Gasteiger partial charge in [-0.15, -0.1) is 0 Å². The van der Waals surface area contributed by atoms with Gasteiger partial charge in [-0.2, -0.15) is 0 Å². The van der Waals surface area contributed by atoms with E-state index >= 15 is 0 Å². The lowest BCUT2D eigenvalue weighted by molar-refractivity contribution is -0.116. The average Bonchev–Trinajstić information content (AvgIpc) is 2.66. The van der Waals surface area contributed by atoms with E-state index in [0.717, 1.165) is 50.4 Å². The number of hydrogen-bond donors (Lipinski definition) is 2. The first kappa shape index (κ1) is 21.2. The van der Waals surface area contributed by atoms with Gasteiger partial charge in [-0.3, -0.25) is 9.59 Å². The quantitative estimate of drug-likeness (QED) is 0.649. The highest BCUT2D eigenvalue weighted by atomic mass is 16.5. The smallest absolute Gasteiger partial charge is 0.253 e. The Hall–Kier alpha value is -2.08. The lowest BCUT2D eigenvalue weighted by Gasteiger charge is -2.33. The van der Waals surface area contributed by atoms with E-state index in [1.165, 1.54) is 0 Å². The zero-order chi connectivity index (χ0) is 19.6. The molecular formula is C21H33N3O3. The molecule has 0 bridgehead atoms. The normalized spacial score (nSPS) is 14.9.